The minimum absolute atomic E-state index is 0.208. The molecule has 0 amide bonds. The van der Waals surface area contributed by atoms with E-state index in [9.17, 15) is 4.39 Å². The van der Waals surface area contributed by atoms with Crippen molar-refractivity contribution < 1.29 is 4.39 Å². The summed E-state index contributed by atoms with van der Waals surface area (Å²) in [6.45, 7) is 6.58. The lowest BCUT2D eigenvalue weighted by atomic mass is 9.85. The maximum Gasteiger partial charge on any atom is 0.145 e. The molecule has 0 aliphatic rings. The van der Waals surface area contributed by atoms with Gasteiger partial charge in [-0.05, 0) is 42.0 Å². The Hall–Kier alpha value is -0.600. The maximum absolute atomic E-state index is 13.8. The van der Waals surface area contributed by atoms with Gasteiger partial charge in [-0.2, -0.15) is 0 Å². The summed E-state index contributed by atoms with van der Waals surface area (Å²) in [5.41, 5.74) is 6.96. The van der Waals surface area contributed by atoms with E-state index in [0.29, 0.717) is 12.1 Å². The molecule has 0 spiro atoms. The largest absolute Gasteiger partial charge is 0.330 e. The van der Waals surface area contributed by atoms with Gasteiger partial charge in [-0.1, -0.05) is 38.4 Å². The highest BCUT2D eigenvalue weighted by Gasteiger charge is 2.21. The summed E-state index contributed by atoms with van der Waals surface area (Å²) in [5.74, 6) is -0.300. The van der Waals surface area contributed by atoms with Crippen molar-refractivity contribution >= 4 is 11.6 Å². The topological polar surface area (TPSA) is 26.0 Å². The molecule has 90 valence electrons. The first-order chi connectivity index (χ1) is 7.36. The standard InChI is InChI=1S/C13H19ClFN/c1-13(2,3)10-7-9(5-4-6-16)8-11(14)12(10)15/h7-8H,4-6,16H2,1-3H3. The summed E-state index contributed by atoms with van der Waals surface area (Å²) >= 11 is 5.90. The third kappa shape index (κ3) is 3.19. The first kappa shape index (κ1) is 13.5. The molecule has 0 fully saturated rings. The van der Waals surface area contributed by atoms with Gasteiger partial charge in [0, 0.05) is 0 Å². The molecule has 0 unspecified atom stereocenters. The van der Waals surface area contributed by atoms with Gasteiger partial charge < -0.3 is 5.73 Å². The van der Waals surface area contributed by atoms with E-state index in [2.05, 4.69) is 0 Å². The SMILES string of the molecule is CC(C)(C)c1cc(CCCN)cc(Cl)c1F. The van der Waals surface area contributed by atoms with Crippen molar-refractivity contribution in [3.8, 4) is 0 Å². The van der Waals surface area contributed by atoms with E-state index < -0.39 is 0 Å². The molecular weight excluding hydrogens is 225 g/mol. The van der Waals surface area contributed by atoms with E-state index in [1.54, 1.807) is 6.07 Å². The van der Waals surface area contributed by atoms with Gasteiger partial charge in [0.05, 0.1) is 5.02 Å². The van der Waals surface area contributed by atoms with E-state index >= 15 is 0 Å². The Balaban J connectivity index is 3.12. The van der Waals surface area contributed by atoms with Crippen LogP contribution in [0.25, 0.3) is 0 Å². The number of hydrogen-bond donors (Lipinski definition) is 1. The zero-order valence-corrected chi connectivity index (χ0v) is 10.9. The summed E-state index contributed by atoms with van der Waals surface area (Å²) in [6.07, 6.45) is 1.74. The molecule has 0 aliphatic heterocycles. The zero-order chi connectivity index (χ0) is 12.3. The van der Waals surface area contributed by atoms with E-state index in [-0.39, 0.29) is 16.3 Å². The lowest BCUT2D eigenvalue weighted by Crippen LogP contribution is -2.14. The zero-order valence-electron chi connectivity index (χ0n) is 10.1. The number of halogens is 2. The summed E-state index contributed by atoms with van der Waals surface area (Å²) in [6, 6.07) is 3.60. The van der Waals surface area contributed by atoms with Crippen molar-refractivity contribution in [2.75, 3.05) is 6.54 Å². The van der Waals surface area contributed by atoms with Gasteiger partial charge in [0.2, 0.25) is 0 Å². The molecule has 0 radical (unpaired) electrons. The lowest BCUT2D eigenvalue weighted by Gasteiger charge is -2.21. The quantitative estimate of drug-likeness (QED) is 0.861. The number of nitrogens with two attached hydrogens (primary N) is 1. The smallest absolute Gasteiger partial charge is 0.145 e. The molecule has 0 saturated carbocycles. The maximum atomic E-state index is 13.8. The lowest BCUT2D eigenvalue weighted by molar-refractivity contribution is 0.522. The van der Waals surface area contributed by atoms with Crippen LogP contribution in [0, 0.1) is 5.82 Å². The highest BCUT2D eigenvalue weighted by molar-refractivity contribution is 6.30. The Bertz CT molecular complexity index is 369. The second-order valence-corrected chi connectivity index (χ2v) is 5.49. The van der Waals surface area contributed by atoms with Crippen molar-refractivity contribution in [2.24, 2.45) is 5.73 Å². The van der Waals surface area contributed by atoms with Crippen LogP contribution in [-0.2, 0) is 11.8 Å². The molecule has 1 rings (SSSR count). The molecule has 3 heteroatoms. The Morgan fingerprint density at radius 2 is 1.94 bits per heavy atom. The van der Waals surface area contributed by atoms with Crippen LogP contribution in [0.3, 0.4) is 0 Å². The monoisotopic (exact) mass is 243 g/mol. The van der Waals surface area contributed by atoms with Crippen molar-refractivity contribution in [2.45, 2.75) is 39.0 Å². The van der Waals surface area contributed by atoms with Crippen LogP contribution in [0.15, 0.2) is 12.1 Å². The van der Waals surface area contributed by atoms with Gasteiger partial charge in [-0.15, -0.1) is 0 Å². The molecule has 0 atom stereocenters. The first-order valence-electron chi connectivity index (χ1n) is 5.54. The Morgan fingerprint density at radius 1 is 1.31 bits per heavy atom. The van der Waals surface area contributed by atoms with Crippen molar-refractivity contribution in [1.82, 2.24) is 0 Å². The summed E-state index contributed by atoms with van der Waals surface area (Å²) < 4.78 is 13.8. The second-order valence-electron chi connectivity index (χ2n) is 5.08. The van der Waals surface area contributed by atoms with Crippen LogP contribution in [-0.4, -0.2) is 6.54 Å². The van der Waals surface area contributed by atoms with Crippen molar-refractivity contribution in [1.29, 1.82) is 0 Å². The number of hydrogen-bond acceptors (Lipinski definition) is 1. The molecule has 2 N–H and O–H groups in total. The van der Waals surface area contributed by atoms with Crippen molar-refractivity contribution in [3.05, 3.63) is 34.1 Å². The molecule has 1 nitrogen and oxygen atoms in total. The molecule has 0 bridgehead atoms. The van der Waals surface area contributed by atoms with E-state index in [4.69, 9.17) is 17.3 Å². The molecule has 1 aromatic rings. The van der Waals surface area contributed by atoms with Gasteiger partial charge in [-0.25, -0.2) is 4.39 Å². The predicted octanol–water partition coefficient (Wildman–Crippen LogP) is 3.67. The summed E-state index contributed by atoms with van der Waals surface area (Å²) in [4.78, 5) is 0. The predicted molar refractivity (Wildman–Crippen MR) is 67.5 cm³/mol. The molecule has 16 heavy (non-hydrogen) atoms. The number of rotatable bonds is 3. The third-order valence-corrected chi connectivity index (χ3v) is 2.84. The fraction of sp³-hybridized carbons (Fsp3) is 0.538. The molecule has 1 aromatic carbocycles. The fourth-order valence-electron chi connectivity index (χ4n) is 1.64. The second kappa shape index (κ2) is 5.15. The van der Waals surface area contributed by atoms with Gasteiger partial charge >= 0.3 is 0 Å². The van der Waals surface area contributed by atoms with Gasteiger partial charge in [-0.3, -0.25) is 0 Å². The van der Waals surface area contributed by atoms with E-state index in [1.165, 1.54) is 0 Å². The summed E-state index contributed by atoms with van der Waals surface area (Å²) in [7, 11) is 0. The van der Waals surface area contributed by atoms with Gasteiger partial charge in [0.1, 0.15) is 5.82 Å². The van der Waals surface area contributed by atoms with Crippen LogP contribution >= 0.6 is 11.6 Å². The van der Waals surface area contributed by atoms with E-state index in [0.717, 1.165) is 18.4 Å². The third-order valence-electron chi connectivity index (χ3n) is 2.57. The van der Waals surface area contributed by atoms with Crippen LogP contribution < -0.4 is 5.73 Å². The normalized spacial score (nSPS) is 11.9. The molecule has 0 aromatic heterocycles. The summed E-state index contributed by atoms with van der Waals surface area (Å²) in [5, 5.41) is 0.208. The Morgan fingerprint density at radius 3 is 2.44 bits per heavy atom. The van der Waals surface area contributed by atoms with Gasteiger partial charge in [0.25, 0.3) is 0 Å². The fourth-order valence-corrected chi connectivity index (χ4v) is 1.88. The van der Waals surface area contributed by atoms with E-state index in [1.807, 2.05) is 26.8 Å². The average Bonchev–Trinajstić information content (AvgIpc) is 2.17. The molecule has 0 heterocycles. The highest BCUT2D eigenvalue weighted by Crippen LogP contribution is 2.30. The van der Waals surface area contributed by atoms with Gasteiger partial charge in [0.15, 0.2) is 0 Å². The van der Waals surface area contributed by atoms with Crippen molar-refractivity contribution in [3.63, 3.8) is 0 Å². The first-order valence-corrected chi connectivity index (χ1v) is 5.92. The Kier molecular flexibility index (Phi) is 4.34. The molecule has 0 aliphatic carbocycles. The minimum Gasteiger partial charge on any atom is -0.330 e. The van der Waals surface area contributed by atoms with Crippen LogP contribution in [0.2, 0.25) is 5.02 Å². The van der Waals surface area contributed by atoms with Crippen LogP contribution in [0.4, 0.5) is 4.39 Å². The average molecular weight is 244 g/mol. The number of aryl methyl sites for hydroxylation is 1. The highest BCUT2D eigenvalue weighted by atomic mass is 35.5. The van der Waals surface area contributed by atoms with Crippen LogP contribution in [0.5, 0.6) is 0 Å². The molecular formula is C13H19ClFN. The Labute approximate surface area is 102 Å². The minimum atomic E-state index is -0.300. The van der Waals surface area contributed by atoms with Crippen LogP contribution in [0.1, 0.15) is 38.3 Å². The number of benzene rings is 1. The molecule has 0 saturated heterocycles.